The molecule has 3 rings (SSSR count). The number of rotatable bonds is 5. The molecule has 1 N–H and O–H groups in total. The Bertz CT molecular complexity index is 719. The van der Waals surface area contributed by atoms with Gasteiger partial charge < -0.3 is 10.1 Å². The molecule has 0 saturated heterocycles. The van der Waals surface area contributed by atoms with Crippen LogP contribution >= 0.6 is 0 Å². The van der Waals surface area contributed by atoms with Crippen molar-refractivity contribution in [3.05, 3.63) is 71.3 Å². The second kappa shape index (κ2) is 7.82. The van der Waals surface area contributed by atoms with E-state index in [-0.39, 0.29) is 11.9 Å². The van der Waals surface area contributed by atoms with Crippen LogP contribution < -0.4 is 10.1 Å². The van der Waals surface area contributed by atoms with Gasteiger partial charge in [0.2, 0.25) is 5.91 Å². The summed E-state index contributed by atoms with van der Waals surface area (Å²) < 4.78 is 5.42. The molecule has 0 unspecified atom stereocenters. The highest BCUT2D eigenvalue weighted by atomic mass is 16.5. The van der Waals surface area contributed by atoms with Gasteiger partial charge in [0.1, 0.15) is 5.75 Å². The molecule has 0 heterocycles. The molecule has 0 fully saturated rings. The summed E-state index contributed by atoms with van der Waals surface area (Å²) in [6.07, 6.45) is 6.65. The van der Waals surface area contributed by atoms with Gasteiger partial charge in [-0.05, 0) is 61.1 Å². The van der Waals surface area contributed by atoms with Crippen molar-refractivity contribution in [2.45, 2.75) is 32.2 Å². The van der Waals surface area contributed by atoms with E-state index in [0.717, 1.165) is 30.6 Å². The Hall–Kier alpha value is -2.55. The SMILES string of the molecule is CCOc1ccc(/C=C/C(=O)N[C@@H]2CCCc3ccccc32)cc1. The fourth-order valence-electron chi connectivity index (χ4n) is 3.14. The Morgan fingerprint density at radius 1 is 1.21 bits per heavy atom. The van der Waals surface area contributed by atoms with E-state index in [4.69, 9.17) is 4.74 Å². The monoisotopic (exact) mass is 321 g/mol. The van der Waals surface area contributed by atoms with E-state index in [1.807, 2.05) is 43.3 Å². The van der Waals surface area contributed by atoms with E-state index in [0.29, 0.717) is 6.61 Å². The van der Waals surface area contributed by atoms with E-state index in [9.17, 15) is 4.79 Å². The average molecular weight is 321 g/mol. The average Bonchev–Trinajstić information content (AvgIpc) is 2.62. The maximum absolute atomic E-state index is 12.2. The second-order valence-electron chi connectivity index (χ2n) is 5.99. The largest absolute Gasteiger partial charge is 0.494 e. The minimum absolute atomic E-state index is 0.0504. The number of hydrogen-bond donors (Lipinski definition) is 1. The van der Waals surface area contributed by atoms with Crippen LogP contribution in [0.2, 0.25) is 0 Å². The smallest absolute Gasteiger partial charge is 0.244 e. The zero-order valence-electron chi connectivity index (χ0n) is 14.0. The van der Waals surface area contributed by atoms with Gasteiger partial charge in [-0.1, -0.05) is 36.4 Å². The van der Waals surface area contributed by atoms with Crippen molar-refractivity contribution in [2.24, 2.45) is 0 Å². The summed E-state index contributed by atoms with van der Waals surface area (Å²) in [5.74, 6) is 0.795. The molecule has 124 valence electrons. The Kier molecular flexibility index (Phi) is 5.32. The normalized spacial score (nSPS) is 16.6. The predicted molar refractivity (Wildman–Crippen MR) is 96.9 cm³/mol. The van der Waals surface area contributed by atoms with Crippen molar-refractivity contribution in [1.82, 2.24) is 5.32 Å². The van der Waals surface area contributed by atoms with Crippen molar-refractivity contribution in [2.75, 3.05) is 6.61 Å². The number of aryl methyl sites for hydroxylation is 1. The Balaban J connectivity index is 1.61. The lowest BCUT2D eigenvalue weighted by Crippen LogP contribution is -2.29. The summed E-state index contributed by atoms with van der Waals surface area (Å²) >= 11 is 0. The molecular weight excluding hydrogens is 298 g/mol. The Labute approximate surface area is 143 Å². The van der Waals surface area contributed by atoms with Crippen LogP contribution in [0.3, 0.4) is 0 Å². The van der Waals surface area contributed by atoms with Crippen molar-refractivity contribution in [1.29, 1.82) is 0 Å². The van der Waals surface area contributed by atoms with Gasteiger partial charge in [0.05, 0.1) is 12.6 Å². The molecule has 0 spiro atoms. The second-order valence-corrected chi connectivity index (χ2v) is 5.99. The molecule has 2 aromatic rings. The number of carbonyl (C=O) groups excluding carboxylic acids is 1. The Morgan fingerprint density at radius 3 is 2.79 bits per heavy atom. The first-order chi connectivity index (χ1) is 11.8. The molecule has 0 bridgehead atoms. The first kappa shape index (κ1) is 16.3. The highest BCUT2D eigenvalue weighted by molar-refractivity contribution is 5.92. The quantitative estimate of drug-likeness (QED) is 0.834. The number of amides is 1. The van der Waals surface area contributed by atoms with Crippen LogP contribution in [0.1, 0.15) is 42.5 Å². The summed E-state index contributed by atoms with van der Waals surface area (Å²) in [5.41, 5.74) is 3.59. The minimum atomic E-state index is -0.0504. The third-order valence-electron chi connectivity index (χ3n) is 4.30. The lowest BCUT2D eigenvalue weighted by Gasteiger charge is -2.25. The molecule has 1 amide bonds. The first-order valence-electron chi connectivity index (χ1n) is 8.55. The van der Waals surface area contributed by atoms with Crippen LogP contribution in [0.15, 0.2) is 54.6 Å². The third-order valence-corrected chi connectivity index (χ3v) is 4.30. The van der Waals surface area contributed by atoms with Gasteiger partial charge >= 0.3 is 0 Å². The molecule has 24 heavy (non-hydrogen) atoms. The third kappa shape index (κ3) is 4.05. The summed E-state index contributed by atoms with van der Waals surface area (Å²) in [7, 11) is 0. The van der Waals surface area contributed by atoms with E-state index >= 15 is 0 Å². The fourth-order valence-corrected chi connectivity index (χ4v) is 3.14. The maximum atomic E-state index is 12.2. The van der Waals surface area contributed by atoms with Gasteiger partial charge in [0.15, 0.2) is 0 Å². The molecule has 3 nitrogen and oxygen atoms in total. The van der Waals surface area contributed by atoms with Gasteiger partial charge in [-0.15, -0.1) is 0 Å². The number of hydrogen-bond acceptors (Lipinski definition) is 2. The van der Waals surface area contributed by atoms with E-state index < -0.39 is 0 Å². The van der Waals surface area contributed by atoms with Gasteiger partial charge in [0, 0.05) is 6.08 Å². The molecule has 2 aromatic carbocycles. The summed E-state index contributed by atoms with van der Waals surface area (Å²) in [6, 6.07) is 16.2. The first-order valence-corrected chi connectivity index (χ1v) is 8.55. The highest BCUT2D eigenvalue weighted by Gasteiger charge is 2.20. The topological polar surface area (TPSA) is 38.3 Å². The van der Waals surface area contributed by atoms with Crippen LogP contribution in [-0.2, 0) is 11.2 Å². The van der Waals surface area contributed by atoms with Crippen molar-refractivity contribution < 1.29 is 9.53 Å². The number of carbonyl (C=O) groups is 1. The van der Waals surface area contributed by atoms with Crippen LogP contribution in [-0.4, -0.2) is 12.5 Å². The van der Waals surface area contributed by atoms with Crippen molar-refractivity contribution >= 4 is 12.0 Å². The van der Waals surface area contributed by atoms with E-state index in [2.05, 4.69) is 23.5 Å². The van der Waals surface area contributed by atoms with E-state index in [1.165, 1.54) is 11.1 Å². The number of nitrogens with one attached hydrogen (secondary N) is 1. The minimum Gasteiger partial charge on any atom is -0.494 e. The fraction of sp³-hybridized carbons (Fsp3) is 0.286. The molecule has 0 aromatic heterocycles. The molecular formula is C21H23NO2. The van der Waals surface area contributed by atoms with Crippen molar-refractivity contribution in [3.63, 3.8) is 0 Å². The number of ether oxygens (including phenoxy) is 1. The molecule has 0 saturated carbocycles. The molecule has 0 radical (unpaired) electrons. The van der Waals surface area contributed by atoms with Gasteiger partial charge in [-0.25, -0.2) is 0 Å². The zero-order chi connectivity index (χ0) is 16.8. The van der Waals surface area contributed by atoms with E-state index in [1.54, 1.807) is 6.08 Å². The molecule has 3 heteroatoms. The van der Waals surface area contributed by atoms with Crippen LogP contribution in [0.4, 0.5) is 0 Å². The summed E-state index contributed by atoms with van der Waals surface area (Å²) in [5, 5.41) is 3.13. The zero-order valence-corrected chi connectivity index (χ0v) is 14.0. The standard InChI is InChI=1S/C21H23NO2/c1-2-24-18-13-10-16(11-14-18)12-15-21(23)22-20-9-5-7-17-6-3-4-8-19(17)20/h3-4,6,8,10-15,20H,2,5,7,9H2,1H3,(H,22,23)/b15-12+/t20-/m1/s1. The molecule has 1 aliphatic rings. The predicted octanol–water partition coefficient (Wildman–Crippen LogP) is 4.29. The summed E-state index contributed by atoms with van der Waals surface area (Å²) in [6.45, 7) is 2.61. The lowest BCUT2D eigenvalue weighted by atomic mass is 9.88. The van der Waals surface area contributed by atoms with Gasteiger partial charge in [-0.2, -0.15) is 0 Å². The van der Waals surface area contributed by atoms with Crippen LogP contribution in [0.5, 0.6) is 5.75 Å². The van der Waals surface area contributed by atoms with Gasteiger partial charge in [0.25, 0.3) is 0 Å². The maximum Gasteiger partial charge on any atom is 0.244 e. The Morgan fingerprint density at radius 2 is 2.00 bits per heavy atom. The van der Waals surface area contributed by atoms with Crippen LogP contribution in [0, 0.1) is 0 Å². The lowest BCUT2D eigenvalue weighted by molar-refractivity contribution is -0.117. The molecule has 0 aliphatic heterocycles. The highest BCUT2D eigenvalue weighted by Crippen LogP contribution is 2.29. The number of fused-ring (bicyclic) bond motifs is 1. The molecule has 1 atom stereocenters. The summed E-state index contributed by atoms with van der Waals surface area (Å²) in [4.78, 5) is 12.2. The van der Waals surface area contributed by atoms with Gasteiger partial charge in [-0.3, -0.25) is 4.79 Å². The van der Waals surface area contributed by atoms with Crippen molar-refractivity contribution in [3.8, 4) is 5.75 Å². The molecule has 1 aliphatic carbocycles. The number of benzene rings is 2. The van der Waals surface area contributed by atoms with Crippen LogP contribution in [0.25, 0.3) is 6.08 Å².